The lowest BCUT2D eigenvalue weighted by molar-refractivity contribution is -0.202. The SMILES string of the molecule is CC[C@H]1[C@@H](O)[C@@H]2[C@H](CC[C@]3(C)[C@@H](CCOC(=O)NS(=O)(=O)c4ccc(OC(C)(C)C)cc4)CC[C@@H]23)[C@@]2(C)CC[C@@H](O)C[C@@H]12. The quantitative estimate of drug-likeness (QED) is 0.328. The molecular weight excluding hydrogens is 566 g/mol. The zero-order valence-corrected chi connectivity index (χ0v) is 27.7. The standard InChI is InChI=1S/C34H53NO7S/c1-7-25-28-20-22(36)14-17-34(28,6)27-15-18-33(5)21(8-13-26(33)29(27)30(25)37)16-19-41-31(38)35-43(39,40)24-11-9-23(10-12-24)42-32(2,3)4/h9-12,21-22,25-30,36-37H,7-8,13-20H2,1-6H3,(H,35,38)/t21-,22-,25-,26+,27+,28+,29+,30-,33-,34-/m1/s1. The van der Waals surface area contributed by atoms with Gasteiger partial charge in [-0.2, -0.15) is 0 Å². The minimum atomic E-state index is -4.07. The Kier molecular flexibility index (Phi) is 8.95. The van der Waals surface area contributed by atoms with Crippen LogP contribution in [0.1, 0.15) is 99.3 Å². The largest absolute Gasteiger partial charge is 0.488 e. The Morgan fingerprint density at radius 3 is 2.28 bits per heavy atom. The first-order chi connectivity index (χ1) is 20.1. The third-order valence-corrected chi connectivity index (χ3v) is 13.4. The van der Waals surface area contributed by atoms with Gasteiger partial charge in [0.25, 0.3) is 10.0 Å². The number of carbonyl (C=O) groups is 1. The second-order valence-electron chi connectivity index (χ2n) is 15.4. The van der Waals surface area contributed by atoms with Gasteiger partial charge in [-0.1, -0.05) is 27.2 Å². The molecule has 1 aromatic carbocycles. The van der Waals surface area contributed by atoms with Gasteiger partial charge >= 0.3 is 6.09 Å². The number of rotatable bonds is 7. The number of carbonyl (C=O) groups excluding carboxylic acids is 1. The van der Waals surface area contributed by atoms with Gasteiger partial charge in [0.1, 0.15) is 11.4 Å². The lowest BCUT2D eigenvalue weighted by atomic mass is 9.41. The second-order valence-corrected chi connectivity index (χ2v) is 17.1. The number of ether oxygens (including phenoxy) is 2. The van der Waals surface area contributed by atoms with Crippen LogP contribution in [0.25, 0.3) is 0 Å². The smallest absolute Gasteiger partial charge is 0.421 e. The highest BCUT2D eigenvalue weighted by molar-refractivity contribution is 7.90. The van der Waals surface area contributed by atoms with E-state index in [-0.39, 0.29) is 46.4 Å². The van der Waals surface area contributed by atoms with Gasteiger partial charge in [0.2, 0.25) is 0 Å². The molecule has 4 fully saturated rings. The van der Waals surface area contributed by atoms with E-state index in [2.05, 4.69) is 20.8 Å². The van der Waals surface area contributed by atoms with Gasteiger partial charge in [0.15, 0.2) is 0 Å². The van der Waals surface area contributed by atoms with E-state index < -0.39 is 21.7 Å². The van der Waals surface area contributed by atoms with Crippen molar-refractivity contribution in [1.29, 1.82) is 0 Å². The summed E-state index contributed by atoms with van der Waals surface area (Å²) < 4.78 is 38.7. The number of hydrogen-bond acceptors (Lipinski definition) is 7. The van der Waals surface area contributed by atoms with Gasteiger partial charge in [0.05, 0.1) is 23.7 Å². The molecule has 10 atom stereocenters. The third-order valence-electron chi connectivity index (χ3n) is 12.1. The first-order valence-corrected chi connectivity index (χ1v) is 17.9. The summed E-state index contributed by atoms with van der Waals surface area (Å²) in [5, 5.41) is 22.4. The molecule has 242 valence electrons. The van der Waals surface area contributed by atoms with E-state index in [0.717, 1.165) is 51.4 Å². The Morgan fingerprint density at radius 1 is 0.977 bits per heavy atom. The van der Waals surface area contributed by atoms with Crippen molar-refractivity contribution < 1.29 is 32.9 Å². The van der Waals surface area contributed by atoms with Crippen LogP contribution in [0.15, 0.2) is 29.2 Å². The van der Waals surface area contributed by atoms with Crippen LogP contribution >= 0.6 is 0 Å². The minimum Gasteiger partial charge on any atom is -0.488 e. The van der Waals surface area contributed by atoms with Crippen molar-refractivity contribution in [3.05, 3.63) is 24.3 Å². The highest BCUT2D eigenvalue weighted by Crippen LogP contribution is 2.69. The number of nitrogens with one attached hydrogen (secondary N) is 1. The number of aliphatic hydroxyl groups is 2. The number of fused-ring (bicyclic) bond motifs is 5. The molecule has 9 heteroatoms. The van der Waals surface area contributed by atoms with E-state index in [9.17, 15) is 23.4 Å². The highest BCUT2D eigenvalue weighted by Gasteiger charge is 2.64. The van der Waals surface area contributed by atoms with E-state index in [4.69, 9.17) is 9.47 Å². The predicted octanol–water partition coefficient (Wildman–Crippen LogP) is 6.30. The van der Waals surface area contributed by atoms with Gasteiger partial charge in [0, 0.05) is 0 Å². The molecule has 0 radical (unpaired) electrons. The molecule has 0 saturated heterocycles. The molecule has 0 unspecified atom stereocenters. The Bertz CT molecular complexity index is 1260. The number of aliphatic hydroxyl groups excluding tert-OH is 2. The van der Waals surface area contributed by atoms with Crippen molar-refractivity contribution in [3.8, 4) is 5.75 Å². The fourth-order valence-corrected chi connectivity index (χ4v) is 11.0. The van der Waals surface area contributed by atoms with E-state index >= 15 is 0 Å². The first-order valence-electron chi connectivity index (χ1n) is 16.4. The van der Waals surface area contributed by atoms with Crippen molar-refractivity contribution in [2.45, 2.75) is 122 Å². The van der Waals surface area contributed by atoms with E-state index in [0.29, 0.717) is 35.8 Å². The topological polar surface area (TPSA) is 122 Å². The highest BCUT2D eigenvalue weighted by atomic mass is 32.2. The Hall–Kier alpha value is -1.84. The fourth-order valence-electron chi connectivity index (χ4n) is 10.1. The van der Waals surface area contributed by atoms with E-state index in [1.165, 1.54) is 12.1 Å². The summed E-state index contributed by atoms with van der Waals surface area (Å²) in [7, 11) is -4.07. The monoisotopic (exact) mass is 619 g/mol. The summed E-state index contributed by atoms with van der Waals surface area (Å²) >= 11 is 0. The number of benzene rings is 1. The van der Waals surface area contributed by atoms with Crippen LogP contribution in [-0.4, -0.2) is 49.1 Å². The van der Waals surface area contributed by atoms with Crippen LogP contribution in [0.5, 0.6) is 5.75 Å². The number of sulfonamides is 1. The van der Waals surface area contributed by atoms with Gasteiger partial charge in [-0.25, -0.2) is 17.9 Å². The van der Waals surface area contributed by atoms with Gasteiger partial charge in [-0.3, -0.25) is 0 Å². The second kappa shape index (κ2) is 11.8. The molecule has 0 spiro atoms. The molecule has 4 aliphatic carbocycles. The molecule has 4 aliphatic rings. The molecule has 1 aromatic rings. The van der Waals surface area contributed by atoms with Crippen LogP contribution < -0.4 is 9.46 Å². The molecule has 0 heterocycles. The summed E-state index contributed by atoms with van der Waals surface area (Å²) in [4.78, 5) is 12.5. The summed E-state index contributed by atoms with van der Waals surface area (Å²) in [6.07, 6.45) is 7.03. The molecule has 3 N–H and O–H groups in total. The van der Waals surface area contributed by atoms with Crippen LogP contribution in [0.4, 0.5) is 4.79 Å². The summed E-state index contributed by atoms with van der Waals surface area (Å²) in [5.41, 5.74) is -0.191. The van der Waals surface area contributed by atoms with Crippen LogP contribution in [0, 0.1) is 46.3 Å². The van der Waals surface area contributed by atoms with E-state index in [1.807, 2.05) is 25.5 Å². The summed E-state index contributed by atoms with van der Waals surface area (Å²) in [6.45, 7) is 12.9. The van der Waals surface area contributed by atoms with Crippen molar-refractivity contribution >= 4 is 16.1 Å². The average Bonchev–Trinajstić information content (AvgIpc) is 3.25. The molecule has 4 saturated carbocycles. The maximum atomic E-state index is 12.8. The van der Waals surface area contributed by atoms with Crippen LogP contribution in [0.3, 0.4) is 0 Å². The average molecular weight is 620 g/mol. The third kappa shape index (κ3) is 6.19. The molecule has 5 rings (SSSR count). The van der Waals surface area contributed by atoms with Crippen molar-refractivity contribution in [1.82, 2.24) is 4.72 Å². The molecular formula is C34H53NO7S. The molecule has 0 aromatic heterocycles. The fraction of sp³-hybridized carbons (Fsp3) is 0.794. The molecule has 43 heavy (non-hydrogen) atoms. The molecule has 1 amide bonds. The normalized spacial score (nSPS) is 39.3. The lowest BCUT2D eigenvalue weighted by Gasteiger charge is -2.64. The number of hydrogen-bond donors (Lipinski definition) is 3. The Labute approximate surface area is 258 Å². The van der Waals surface area contributed by atoms with Crippen molar-refractivity contribution in [3.63, 3.8) is 0 Å². The molecule has 0 aliphatic heterocycles. The zero-order chi connectivity index (χ0) is 31.4. The summed E-state index contributed by atoms with van der Waals surface area (Å²) in [6, 6.07) is 5.96. The van der Waals surface area contributed by atoms with E-state index in [1.54, 1.807) is 12.1 Å². The number of amides is 1. The predicted molar refractivity (Wildman–Crippen MR) is 165 cm³/mol. The Morgan fingerprint density at radius 2 is 1.63 bits per heavy atom. The first kappa shape index (κ1) is 32.6. The maximum absolute atomic E-state index is 12.8. The van der Waals surface area contributed by atoms with Gasteiger partial charge in [-0.15, -0.1) is 0 Å². The lowest BCUT2D eigenvalue weighted by Crippen LogP contribution is -2.62. The van der Waals surface area contributed by atoms with Crippen LogP contribution in [-0.2, 0) is 14.8 Å². The Balaban J connectivity index is 1.19. The maximum Gasteiger partial charge on any atom is 0.421 e. The summed E-state index contributed by atoms with van der Waals surface area (Å²) in [5.74, 6) is 2.65. The zero-order valence-electron chi connectivity index (χ0n) is 26.8. The van der Waals surface area contributed by atoms with Gasteiger partial charge < -0.3 is 19.7 Å². The van der Waals surface area contributed by atoms with Gasteiger partial charge in [-0.05, 0) is 143 Å². The molecule has 8 nitrogen and oxygen atoms in total. The van der Waals surface area contributed by atoms with Crippen molar-refractivity contribution in [2.75, 3.05) is 6.61 Å². The van der Waals surface area contributed by atoms with Crippen molar-refractivity contribution in [2.24, 2.45) is 46.3 Å². The minimum absolute atomic E-state index is 0.0338. The molecule has 0 bridgehead atoms. The van der Waals surface area contributed by atoms with Crippen LogP contribution in [0.2, 0.25) is 0 Å².